The summed E-state index contributed by atoms with van der Waals surface area (Å²) in [5.41, 5.74) is 0.608. The van der Waals surface area contributed by atoms with Crippen molar-refractivity contribution in [1.29, 1.82) is 0 Å². The number of rotatable bonds is 8. The number of carbonyl (C=O) groups excluding carboxylic acids is 1. The highest BCUT2D eigenvalue weighted by Gasteiger charge is 2.60. The average molecular weight is 257 g/mol. The number of hydrogen-bond acceptors (Lipinski definition) is 1. The highest BCUT2D eigenvalue weighted by Crippen LogP contribution is 2.37. The number of halogens is 4. The van der Waals surface area contributed by atoms with Gasteiger partial charge in [-0.2, -0.15) is 13.2 Å². The van der Waals surface area contributed by atoms with Crippen LogP contribution in [0.1, 0.15) is 51.9 Å². The summed E-state index contributed by atoms with van der Waals surface area (Å²) in [6.45, 7) is 2.02. The molecule has 2 N–H and O–H groups in total. The molecule has 6 heteroatoms. The smallest absolute Gasteiger partial charge is 0.367 e. The third-order valence-electron chi connectivity index (χ3n) is 2.71. The number of amides is 1. The van der Waals surface area contributed by atoms with E-state index in [2.05, 4.69) is 5.73 Å². The Kier molecular flexibility index (Phi) is 6.49. The van der Waals surface area contributed by atoms with Crippen LogP contribution >= 0.6 is 0 Å². The van der Waals surface area contributed by atoms with Gasteiger partial charge in [-0.05, 0) is 12.8 Å². The number of unbranched alkanes of at least 4 members (excludes halogenated alkanes) is 5. The highest BCUT2D eigenvalue weighted by molar-refractivity contribution is 5.84. The van der Waals surface area contributed by atoms with Crippen molar-refractivity contribution in [3.63, 3.8) is 0 Å². The summed E-state index contributed by atoms with van der Waals surface area (Å²) >= 11 is 0. The molecule has 17 heavy (non-hydrogen) atoms. The van der Waals surface area contributed by atoms with Crippen molar-refractivity contribution in [1.82, 2.24) is 0 Å². The first-order valence-corrected chi connectivity index (χ1v) is 5.81. The van der Waals surface area contributed by atoms with E-state index in [4.69, 9.17) is 0 Å². The second kappa shape index (κ2) is 6.81. The van der Waals surface area contributed by atoms with Gasteiger partial charge < -0.3 is 5.73 Å². The number of carbonyl (C=O) groups is 1. The molecule has 0 aliphatic carbocycles. The van der Waals surface area contributed by atoms with Gasteiger partial charge in [-0.3, -0.25) is 4.79 Å². The van der Waals surface area contributed by atoms with E-state index in [9.17, 15) is 22.4 Å². The Hall–Kier alpha value is -0.810. The molecule has 1 atom stereocenters. The summed E-state index contributed by atoms with van der Waals surface area (Å²) in [4.78, 5) is 10.6. The maximum atomic E-state index is 13.4. The van der Waals surface area contributed by atoms with Crippen LogP contribution in [0.25, 0.3) is 0 Å². The number of alkyl halides is 4. The van der Waals surface area contributed by atoms with E-state index < -0.39 is 24.2 Å². The van der Waals surface area contributed by atoms with E-state index in [1.54, 1.807) is 0 Å². The second-order valence-corrected chi connectivity index (χ2v) is 4.18. The van der Waals surface area contributed by atoms with Gasteiger partial charge in [0.05, 0.1) is 0 Å². The van der Waals surface area contributed by atoms with Crippen molar-refractivity contribution in [3.8, 4) is 0 Å². The molecular weight excluding hydrogens is 238 g/mol. The third kappa shape index (κ3) is 4.91. The lowest BCUT2D eigenvalue weighted by atomic mass is 9.96. The molecule has 0 aromatic carbocycles. The molecule has 102 valence electrons. The van der Waals surface area contributed by atoms with Gasteiger partial charge in [0.2, 0.25) is 0 Å². The molecule has 0 bridgehead atoms. The molecule has 0 spiro atoms. The lowest BCUT2D eigenvalue weighted by Crippen LogP contribution is -2.51. The fourth-order valence-electron chi connectivity index (χ4n) is 1.55. The topological polar surface area (TPSA) is 43.1 Å². The summed E-state index contributed by atoms with van der Waals surface area (Å²) in [7, 11) is 0. The molecule has 0 fully saturated rings. The number of primary amides is 1. The molecule has 1 amide bonds. The number of nitrogens with two attached hydrogens (primary N) is 1. The molecule has 0 saturated heterocycles. The average Bonchev–Trinajstić information content (AvgIpc) is 2.20. The van der Waals surface area contributed by atoms with Gasteiger partial charge >= 0.3 is 6.18 Å². The van der Waals surface area contributed by atoms with Gasteiger partial charge in [0.15, 0.2) is 0 Å². The molecular formula is C11H19F4NO. The summed E-state index contributed by atoms with van der Waals surface area (Å²) in [6, 6.07) is 0. The summed E-state index contributed by atoms with van der Waals surface area (Å²) in [5, 5.41) is 0. The van der Waals surface area contributed by atoms with Crippen LogP contribution < -0.4 is 5.73 Å². The van der Waals surface area contributed by atoms with Crippen molar-refractivity contribution in [2.24, 2.45) is 5.73 Å². The van der Waals surface area contributed by atoms with Crippen LogP contribution in [0.3, 0.4) is 0 Å². The van der Waals surface area contributed by atoms with Crippen molar-refractivity contribution in [2.45, 2.75) is 63.7 Å². The van der Waals surface area contributed by atoms with E-state index in [1.807, 2.05) is 6.92 Å². The molecule has 0 aromatic rings. The zero-order chi connectivity index (χ0) is 13.5. The minimum Gasteiger partial charge on any atom is -0.367 e. The molecule has 0 radical (unpaired) electrons. The van der Waals surface area contributed by atoms with Crippen LogP contribution in [0.2, 0.25) is 0 Å². The van der Waals surface area contributed by atoms with Crippen molar-refractivity contribution in [2.75, 3.05) is 0 Å². The van der Waals surface area contributed by atoms with Crippen LogP contribution in [-0.4, -0.2) is 17.8 Å². The van der Waals surface area contributed by atoms with Crippen LogP contribution in [0.4, 0.5) is 17.6 Å². The molecule has 0 rings (SSSR count). The predicted molar refractivity (Wildman–Crippen MR) is 57.1 cm³/mol. The lowest BCUT2D eigenvalue weighted by molar-refractivity contribution is -0.227. The molecule has 1 unspecified atom stereocenters. The van der Waals surface area contributed by atoms with Gasteiger partial charge in [0.25, 0.3) is 11.6 Å². The zero-order valence-electron chi connectivity index (χ0n) is 9.95. The molecule has 2 nitrogen and oxygen atoms in total. The quantitative estimate of drug-likeness (QED) is 0.525. The van der Waals surface area contributed by atoms with E-state index in [0.29, 0.717) is 6.42 Å². The van der Waals surface area contributed by atoms with E-state index in [-0.39, 0.29) is 6.42 Å². The van der Waals surface area contributed by atoms with Gasteiger partial charge in [-0.25, -0.2) is 4.39 Å². The maximum Gasteiger partial charge on any atom is 0.431 e. The Balaban J connectivity index is 4.09. The van der Waals surface area contributed by atoms with Crippen molar-refractivity contribution < 1.29 is 22.4 Å². The normalized spacial score (nSPS) is 15.6. The minimum atomic E-state index is -5.22. The number of hydrogen-bond donors (Lipinski definition) is 1. The minimum absolute atomic E-state index is 0.0165. The monoisotopic (exact) mass is 257 g/mol. The van der Waals surface area contributed by atoms with Crippen LogP contribution in [0, 0.1) is 0 Å². The second-order valence-electron chi connectivity index (χ2n) is 4.18. The van der Waals surface area contributed by atoms with Gasteiger partial charge in [0.1, 0.15) is 0 Å². The largest absolute Gasteiger partial charge is 0.431 e. The molecule has 0 saturated carbocycles. The van der Waals surface area contributed by atoms with Crippen molar-refractivity contribution in [3.05, 3.63) is 0 Å². The molecule has 0 aliphatic heterocycles. The zero-order valence-corrected chi connectivity index (χ0v) is 9.95. The first-order chi connectivity index (χ1) is 7.75. The van der Waals surface area contributed by atoms with Crippen LogP contribution in [-0.2, 0) is 4.79 Å². The highest BCUT2D eigenvalue weighted by atomic mass is 19.4. The summed E-state index contributed by atoms with van der Waals surface area (Å²) in [5.74, 6) is -1.95. The van der Waals surface area contributed by atoms with Gasteiger partial charge in [-0.15, -0.1) is 0 Å². The molecule has 0 aromatic heterocycles. The lowest BCUT2D eigenvalue weighted by Gasteiger charge is -2.24. The Bertz CT molecular complexity index is 242. The fraction of sp³-hybridized carbons (Fsp3) is 0.909. The first-order valence-electron chi connectivity index (χ1n) is 5.81. The molecule has 0 aliphatic rings. The SMILES string of the molecule is CCCCCCCCC(F)(C(N)=O)C(F)(F)F. The van der Waals surface area contributed by atoms with Crippen LogP contribution in [0.15, 0.2) is 0 Å². The summed E-state index contributed by atoms with van der Waals surface area (Å²) in [6.07, 6.45) is -1.90. The predicted octanol–water partition coefficient (Wildman–Crippen LogP) is 3.49. The summed E-state index contributed by atoms with van der Waals surface area (Å²) < 4.78 is 50.3. The van der Waals surface area contributed by atoms with E-state index >= 15 is 0 Å². The van der Waals surface area contributed by atoms with E-state index in [0.717, 1.165) is 25.7 Å². The van der Waals surface area contributed by atoms with Crippen molar-refractivity contribution >= 4 is 5.91 Å². The van der Waals surface area contributed by atoms with Crippen LogP contribution in [0.5, 0.6) is 0 Å². The van der Waals surface area contributed by atoms with E-state index in [1.165, 1.54) is 0 Å². The Morgan fingerprint density at radius 3 is 1.88 bits per heavy atom. The fourth-order valence-corrected chi connectivity index (χ4v) is 1.55. The Morgan fingerprint density at radius 2 is 1.47 bits per heavy atom. The van der Waals surface area contributed by atoms with Gasteiger partial charge in [-0.1, -0.05) is 39.0 Å². The van der Waals surface area contributed by atoms with Gasteiger partial charge in [0, 0.05) is 0 Å². The maximum absolute atomic E-state index is 13.4. The Morgan fingerprint density at radius 1 is 1.00 bits per heavy atom. The Labute approximate surface area is 98.6 Å². The third-order valence-corrected chi connectivity index (χ3v) is 2.71. The standard InChI is InChI=1S/C11H19F4NO/c1-2-3-4-5-6-7-8-10(12,9(16)17)11(13,14)15/h2-8H2,1H3,(H2,16,17). The molecule has 0 heterocycles. The first kappa shape index (κ1) is 16.2.